The second-order valence-electron chi connectivity index (χ2n) is 4.34. The van der Waals surface area contributed by atoms with E-state index in [0.717, 1.165) is 30.8 Å². The Kier molecular flexibility index (Phi) is 4.12. The summed E-state index contributed by atoms with van der Waals surface area (Å²) in [5, 5.41) is 6.02. The van der Waals surface area contributed by atoms with Crippen molar-refractivity contribution >= 4 is 11.6 Å². The Morgan fingerprint density at radius 3 is 3.18 bits per heavy atom. The van der Waals surface area contributed by atoms with E-state index in [4.69, 9.17) is 4.74 Å². The minimum Gasteiger partial charge on any atom is -0.367 e. The molecule has 1 amide bonds. The summed E-state index contributed by atoms with van der Waals surface area (Å²) < 4.78 is 5.49. The molecule has 0 bridgehead atoms. The summed E-state index contributed by atoms with van der Waals surface area (Å²) in [5.74, 6) is -0.0949. The van der Waals surface area contributed by atoms with Crippen molar-refractivity contribution in [2.75, 3.05) is 25.0 Å². The van der Waals surface area contributed by atoms with Gasteiger partial charge in [-0.15, -0.1) is 0 Å². The Morgan fingerprint density at radius 2 is 2.47 bits per heavy atom. The van der Waals surface area contributed by atoms with Crippen LogP contribution >= 0.6 is 0 Å². The van der Waals surface area contributed by atoms with Gasteiger partial charge >= 0.3 is 0 Å². The molecule has 0 aromatic heterocycles. The standard InChI is InChI=1S/C13H18N2O2/c1-10-3-2-4-11(7-10)15-13(16)9-17-12-5-6-14-8-12/h2-4,7,12,14H,5-6,8-9H2,1H3,(H,15,16). The number of carbonyl (C=O) groups is 1. The highest BCUT2D eigenvalue weighted by molar-refractivity contribution is 5.91. The number of aryl methyl sites for hydroxylation is 1. The summed E-state index contributed by atoms with van der Waals surface area (Å²) in [6, 6.07) is 7.74. The van der Waals surface area contributed by atoms with Gasteiger partial charge in [0.1, 0.15) is 6.61 Å². The maximum atomic E-state index is 11.6. The van der Waals surface area contributed by atoms with E-state index >= 15 is 0 Å². The molecular weight excluding hydrogens is 216 g/mol. The van der Waals surface area contributed by atoms with Crippen molar-refractivity contribution in [3.05, 3.63) is 29.8 Å². The van der Waals surface area contributed by atoms with Crippen molar-refractivity contribution in [1.82, 2.24) is 5.32 Å². The van der Waals surface area contributed by atoms with Crippen LogP contribution in [-0.4, -0.2) is 31.7 Å². The van der Waals surface area contributed by atoms with Gasteiger partial charge in [0, 0.05) is 12.2 Å². The van der Waals surface area contributed by atoms with Gasteiger partial charge in [-0.3, -0.25) is 4.79 Å². The van der Waals surface area contributed by atoms with Crippen LogP contribution in [0.4, 0.5) is 5.69 Å². The Bertz CT molecular complexity index is 387. The van der Waals surface area contributed by atoms with Crippen LogP contribution in [-0.2, 0) is 9.53 Å². The molecule has 17 heavy (non-hydrogen) atoms. The molecule has 0 saturated carbocycles. The molecule has 1 atom stereocenters. The van der Waals surface area contributed by atoms with Gasteiger partial charge in [0.05, 0.1) is 6.10 Å². The molecule has 1 aromatic carbocycles. The molecule has 2 N–H and O–H groups in total. The normalized spacial score (nSPS) is 19.2. The van der Waals surface area contributed by atoms with Crippen LogP contribution in [0.2, 0.25) is 0 Å². The van der Waals surface area contributed by atoms with E-state index in [2.05, 4.69) is 10.6 Å². The van der Waals surface area contributed by atoms with Crippen LogP contribution < -0.4 is 10.6 Å². The molecule has 1 heterocycles. The molecule has 1 unspecified atom stereocenters. The SMILES string of the molecule is Cc1cccc(NC(=O)COC2CCNC2)c1. The number of hydrogen-bond donors (Lipinski definition) is 2. The first kappa shape index (κ1) is 12.1. The number of carbonyl (C=O) groups excluding carboxylic acids is 1. The lowest BCUT2D eigenvalue weighted by atomic mass is 10.2. The summed E-state index contributed by atoms with van der Waals surface area (Å²) in [7, 11) is 0. The minimum absolute atomic E-state index is 0.0949. The fourth-order valence-corrected chi connectivity index (χ4v) is 1.88. The summed E-state index contributed by atoms with van der Waals surface area (Å²) in [6.45, 7) is 3.94. The predicted octanol–water partition coefficient (Wildman–Crippen LogP) is 1.31. The smallest absolute Gasteiger partial charge is 0.250 e. The van der Waals surface area contributed by atoms with Crippen molar-refractivity contribution in [2.24, 2.45) is 0 Å². The molecule has 1 fully saturated rings. The minimum atomic E-state index is -0.0949. The predicted molar refractivity (Wildman–Crippen MR) is 67.0 cm³/mol. The number of benzene rings is 1. The van der Waals surface area contributed by atoms with E-state index in [0.29, 0.717) is 0 Å². The lowest BCUT2D eigenvalue weighted by molar-refractivity contribution is -0.122. The van der Waals surface area contributed by atoms with Crippen LogP contribution in [0.5, 0.6) is 0 Å². The molecule has 1 saturated heterocycles. The summed E-state index contributed by atoms with van der Waals surface area (Å²) >= 11 is 0. The van der Waals surface area contributed by atoms with Gasteiger partial charge in [-0.05, 0) is 37.6 Å². The zero-order valence-electron chi connectivity index (χ0n) is 10.0. The molecule has 0 spiro atoms. The molecule has 1 aromatic rings. The summed E-state index contributed by atoms with van der Waals surface area (Å²) in [5.41, 5.74) is 1.95. The van der Waals surface area contributed by atoms with Gasteiger partial charge in [0.25, 0.3) is 0 Å². The quantitative estimate of drug-likeness (QED) is 0.826. The highest BCUT2D eigenvalue weighted by Crippen LogP contribution is 2.09. The average Bonchev–Trinajstić information content (AvgIpc) is 2.79. The zero-order chi connectivity index (χ0) is 12.1. The highest BCUT2D eigenvalue weighted by atomic mass is 16.5. The van der Waals surface area contributed by atoms with Gasteiger partial charge in [0.15, 0.2) is 0 Å². The van der Waals surface area contributed by atoms with E-state index in [1.807, 2.05) is 31.2 Å². The van der Waals surface area contributed by atoms with Crippen molar-refractivity contribution in [2.45, 2.75) is 19.4 Å². The Hall–Kier alpha value is -1.39. The fraction of sp³-hybridized carbons (Fsp3) is 0.462. The molecular formula is C13H18N2O2. The third-order valence-corrected chi connectivity index (χ3v) is 2.77. The van der Waals surface area contributed by atoms with Crippen molar-refractivity contribution in [3.8, 4) is 0 Å². The van der Waals surface area contributed by atoms with Crippen LogP contribution in [0.15, 0.2) is 24.3 Å². The van der Waals surface area contributed by atoms with E-state index in [-0.39, 0.29) is 18.6 Å². The monoisotopic (exact) mass is 234 g/mol. The number of hydrogen-bond acceptors (Lipinski definition) is 3. The van der Waals surface area contributed by atoms with Gasteiger partial charge in [-0.1, -0.05) is 12.1 Å². The van der Waals surface area contributed by atoms with Crippen LogP contribution in [0, 0.1) is 6.92 Å². The number of nitrogens with one attached hydrogen (secondary N) is 2. The number of rotatable bonds is 4. The van der Waals surface area contributed by atoms with Crippen molar-refractivity contribution in [3.63, 3.8) is 0 Å². The van der Waals surface area contributed by atoms with Gasteiger partial charge < -0.3 is 15.4 Å². The molecule has 0 aliphatic carbocycles. The molecule has 1 aliphatic rings. The maximum absolute atomic E-state index is 11.6. The number of anilines is 1. The molecule has 1 aliphatic heterocycles. The van der Waals surface area contributed by atoms with Crippen molar-refractivity contribution < 1.29 is 9.53 Å². The Labute approximate surface area is 101 Å². The second-order valence-corrected chi connectivity index (χ2v) is 4.34. The molecule has 4 heteroatoms. The first-order chi connectivity index (χ1) is 8.24. The zero-order valence-corrected chi connectivity index (χ0v) is 10.0. The van der Waals surface area contributed by atoms with E-state index in [1.54, 1.807) is 0 Å². The van der Waals surface area contributed by atoms with Gasteiger partial charge in [-0.2, -0.15) is 0 Å². The largest absolute Gasteiger partial charge is 0.367 e. The number of ether oxygens (including phenoxy) is 1. The first-order valence-electron chi connectivity index (χ1n) is 5.93. The van der Waals surface area contributed by atoms with E-state index in [1.165, 1.54) is 0 Å². The summed E-state index contributed by atoms with van der Waals surface area (Å²) in [6.07, 6.45) is 1.16. The van der Waals surface area contributed by atoms with Crippen LogP contribution in [0.1, 0.15) is 12.0 Å². The topological polar surface area (TPSA) is 50.4 Å². The van der Waals surface area contributed by atoms with E-state index in [9.17, 15) is 4.79 Å². The van der Waals surface area contributed by atoms with Gasteiger partial charge in [-0.25, -0.2) is 0 Å². The van der Waals surface area contributed by atoms with Crippen molar-refractivity contribution in [1.29, 1.82) is 0 Å². The van der Waals surface area contributed by atoms with Gasteiger partial charge in [0.2, 0.25) is 5.91 Å². The lowest BCUT2D eigenvalue weighted by Crippen LogP contribution is -2.24. The first-order valence-corrected chi connectivity index (χ1v) is 5.93. The molecule has 0 radical (unpaired) electrons. The molecule has 2 rings (SSSR count). The fourth-order valence-electron chi connectivity index (χ4n) is 1.88. The highest BCUT2D eigenvalue weighted by Gasteiger charge is 2.15. The third-order valence-electron chi connectivity index (χ3n) is 2.77. The lowest BCUT2D eigenvalue weighted by Gasteiger charge is -2.10. The summed E-state index contributed by atoms with van der Waals surface area (Å²) in [4.78, 5) is 11.6. The molecule has 4 nitrogen and oxygen atoms in total. The van der Waals surface area contributed by atoms with E-state index < -0.39 is 0 Å². The second kappa shape index (κ2) is 5.80. The molecule has 92 valence electrons. The van der Waals surface area contributed by atoms with Crippen LogP contribution in [0.3, 0.4) is 0 Å². The Balaban J connectivity index is 1.76. The maximum Gasteiger partial charge on any atom is 0.250 e. The average molecular weight is 234 g/mol. The number of amides is 1. The Morgan fingerprint density at radius 1 is 1.59 bits per heavy atom. The third kappa shape index (κ3) is 3.84. The van der Waals surface area contributed by atoms with Crippen LogP contribution in [0.25, 0.3) is 0 Å².